The highest BCUT2D eigenvalue weighted by Crippen LogP contribution is 2.32. The summed E-state index contributed by atoms with van der Waals surface area (Å²) in [6.07, 6.45) is -0.542. The molecule has 1 aromatic carbocycles. The van der Waals surface area contributed by atoms with Crippen LogP contribution >= 0.6 is 11.3 Å². The summed E-state index contributed by atoms with van der Waals surface area (Å²) in [5.74, 6) is 0.377. The fourth-order valence-electron chi connectivity index (χ4n) is 2.86. The molecule has 0 amide bonds. The predicted molar refractivity (Wildman–Crippen MR) is 99.0 cm³/mol. The minimum atomic E-state index is -3.60. The van der Waals surface area contributed by atoms with Crippen molar-refractivity contribution in [3.63, 3.8) is 0 Å². The number of methoxy groups -OCH3 is 1. The number of fused-ring (bicyclic) bond motifs is 1. The van der Waals surface area contributed by atoms with Crippen LogP contribution in [0.1, 0.15) is 11.9 Å². The van der Waals surface area contributed by atoms with Gasteiger partial charge in [0, 0.05) is 24.9 Å². The van der Waals surface area contributed by atoms with Gasteiger partial charge in [-0.25, -0.2) is 8.42 Å². The van der Waals surface area contributed by atoms with Gasteiger partial charge in [0.2, 0.25) is 5.82 Å². The highest BCUT2D eigenvalue weighted by molar-refractivity contribution is 7.91. The molecule has 27 heavy (non-hydrogen) atoms. The Morgan fingerprint density at radius 2 is 2.22 bits per heavy atom. The fourth-order valence-corrected chi connectivity index (χ4v) is 5.84. The van der Waals surface area contributed by atoms with Gasteiger partial charge in [0.25, 0.3) is 10.0 Å². The smallest absolute Gasteiger partial charge is 0.252 e. The molecular weight excluding hydrogens is 390 g/mol. The van der Waals surface area contributed by atoms with Crippen molar-refractivity contribution in [3.8, 4) is 0 Å². The first-order chi connectivity index (χ1) is 13.1. The third kappa shape index (κ3) is 3.73. The molecule has 4 rings (SSSR count). The van der Waals surface area contributed by atoms with Crippen LogP contribution in [0.3, 0.4) is 0 Å². The summed E-state index contributed by atoms with van der Waals surface area (Å²) in [6.45, 7) is 1.67. The van der Waals surface area contributed by atoms with Gasteiger partial charge in [0.15, 0.2) is 0 Å². The quantitative estimate of drug-likeness (QED) is 0.605. The molecule has 1 atom stereocenters. The Morgan fingerprint density at radius 1 is 1.37 bits per heavy atom. The number of aromatic nitrogens is 4. The van der Waals surface area contributed by atoms with E-state index in [1.54, 1.807) is 13.2 Å². The van der Waals surface area contributed by atoms with Gasteiger partial charge in [0.1, 0.15) is 10.3 Å². The Labute approximate surface area is 160 Å². The van der Waals surface area contributed by atoms with E-state index in [1.807, 2.05) is 24.3 Å². The Hall–Kier alpha value is -1.92. The third-order valence-electron chi connectivity index (χ3n) is 4.28. The second kappa shape index (κ2) is 7.60. The molecule has 3 aromatic rings. The van der Waals surface area contributed by atoms with E-state index in [1.165, 1.54) is 20.4 Å². The molecule has 0 saturated carbocycles. The molecule has 1 aliphatic rings. The lowest BCUT2D eigenvalue weighted by molar-refractivity contribution is -0.00768. The second-order valence-electron chi connectivity index (χ2n) is 6.06. The number of ether oxygens (including phenoxy) is 2. The summed E-state index contributed by atoms with van der Waals surface area (Å²) in [7, 11) is -2.01. The summed E-state index contributed by atoms with van der Waals surface area (Å²) >= 11 is 1.28. The van der Waals surface area contributed by atoms with Gasteiger partial charge in [-0.05, 0) is 22.7 Å². The molecule has 2 aromatic heterocycles. The van der Waals surface area contributed by atoms with Gasteiger partial charge in [-0.2, -0.15) is 9.10 Å². The van der Waals surface area contributed by atoms with Crippen molar-refractivity contribution in [2.75, 3.05) is 33.4 Å². The van der Waals surface area contributed by atoms with E-state index >= 15 is 0 Å². The fraction of sp³-hybridized carbons (Fsp3) is 0.438. The summed E-state index contributed by atoms with van der Waals surface area (Å²) in [6, 6.07) is 9.35. The molecular formula is C16H19N5O4S2. The summed E-state index contributed by atoms with van der Waals surface area (Å²) in [4.78, 5) is 1.42. The average Bonchev–Trinajstić information content (AvgIpc) is 3.34. The van der Waals surface area contributed by atoms with Crippen LogP contribution in [-0.2, 0) is 26.0 Å². The van der Waals surface area contributed by atoms with Crippen molar-refractivity contribution in [1.29, 1.82) is 0 Å². The third-order valence-corrected chi connectivity index (χ3v) is 7.71. The van der Waals surface area contributed by atoms with Gasteiger partial charge in [-0.3, -0.25) is 0 Å². The summed E-state index contributed by atoms with van der Waals surface area (Å²) in [5, 5.41) is 13.1. The van der Waals surface area contributed by atoms with Crippen LogP contribution in [-0.4, -0.2) is 66.3 Å². The van der Waals surface area contributed by atoms with Crippen LogP contribution in [0.2, 0.25) is 0 Å². The van der Waals surface area contributed by atoms with Crippen LogP contribution in [0.5, 0.6) is 0 Å². The number of hydrogen-bond donors (Lipinski definition) is 0. The standard InChI is InChI=1S/C16H19N5O4S2/c1-24-8-7-21-18-16(17-19-21)13-11-20(6-9-25-13)27(22,23)15-10-12-4-2-3-5-14(12)26-15/h2-5,10,13H,6-9,11H2,1H3. The van der Waals surface area contributed by atoms with Crippen molar-refractivity contribution in [2.24, 2.45) is 0 Å². The van der Waals surface area contributed by atoms with Crippen molar-refractivity contribution in [3.05, 3.63) is 36.2 Å². The normalized spacial score (nSPS) is 18.9. The largest absolute Gasteiger partial charge is 0.383 e. The highest BCUT2D eigenvalue weighted by atomic mass is 32.2. The van der Waals surface area contributed by atoms with Crippen molar-refractivity contribution in [2.45, 2.75) is 16.9 Å². The Balaban J connectivity index is 1.54. The first kappa shape index (κ1) is 18.4. The molecule has 0 bridgehead atoms. The van der Waals surface area contributed by atoms with Crippen molar-refractivity contribution >= 4 is 31.4 Å². The first-order valence-electron chi connectivity index (χ1n) is 8.45. The van der Waals surface area contributed by atoms with E-state index in [4.69, 9.17) is 9.47 Å². The number of morpholine rings is 1. The number of tetrazole rings is 1. The molecule has 0 N–H and O–H groups in total. The van der Waals surface area contributed by atoms with E-state index in [2.05, 4.69) is 15.4 Å². The lowest BCUT2D eigenvalue weighted by Gasteiger charge is -2.30. The van der Waals surface area contributed by atoms with Gasteiger partial charge in [-0.15, -0.1) is 21.5 Å². The van der Waals surface area contributed by atoms with Gasteiger partial charge < -0.3 is 9.47 Å². The molecule has 0 aliphatic carbocycles. The van der Waals surface area contributed by atoms with Crippen LogP contribution in [0, 0.1) is 0 Å². The minimum Gasteiger partial charge on any atom is -0.383 e. The highest BCUT2D eigenvalue weighted by Gasteiger charge is 2.34. The SMILES string of the molecule is COCCn1nnc(C2CN(S(=O)(=O)c3cc4ccccc4s3)CCO2)n1. The molecule has 1 fully saturated rings. The lowest BCUT2D eigenvalue weighted by Crippen LogP contribution is -2.42. The topological polar surface area (TPSA) is 99.4 Å². The number of sulfonamides is 1. The summed E-state index contributed by atoms with van der Waals surface area (Å²) < 4.78 is 39.6. The predicted octanol–water partition coefficient (Wildman–Crippen LogP) is 1.30. The maximum atomic E-state index is 13.1. The molecule has 144 valence electrons. The zero-order chi connectivity index (χ0) is 18.9. The molecule has 9 nitrogen and oxygen atoms in total. The molecule has 1 saturated heterocycles. The zero-order valence-electron chi connectivity index (χ0n) is 14.7. The average molecular weight is 409 g/mol. The molecule has 3 heterocycles. The van der Waals surface area contributed by atoms with E-state index in [0.717, 1.165) is 10.1 Å². The molecule has 11 heteroatoms. The minimum absolute atomic E-state index is 0.159. The summed E-state index contributed by atoms with van der Waals surface area (Å²) in [5.41, 5.74) is 0. The number of benzene rings is 1. The number of hydrogen-bond acceptors (Lipinski definition) is 8. The second-order valence-corrected chi connectivity index (χ2v) is 9.31. The Morgan fingerprint density at radius 3 is 3.04 bits per heavy atom. The Kier molecular flexibility index (Phi) is 5.19. The van der Waals surface area contributed by atoms with E-state index in [-0.39, 0.29) is 13.2 Å². The van der Waals surface area contributed by atoms with Gasteiger partial charge >= 0.3 is 0 Å². The van der Waals surface area contributed by atoms with Crippen molar-refractivity contribution in [1.82, 2.24) is 24.5 Å². The number of nitrogens with zero attached hydrogens (tertiary/aromatic N) is 5. The van der Waals surface area contributed by atoms with E-state index in [9.17, 15) is 8.42 Å². The monoisotopic (exact) mass is 409 g/mol. The van der Waals surface area contributed by atoms with E-state index in [0.29, 0.717) is 29.7 Å². The van der Waals surface area contributed by atoms with Crippen molar-refractivity contribution < 1.29 is 17.9 Å². The van der Waals surface area contributed by atoms with Crippen LogP contribution in [0.25, 0.3) is 10.1 Å². The van der Waals surface area contributed by atoms with Crippen LogP contribution < -0.4 is 0 Å². The van der Waals surface area contributed by atoms with Crippen LogP contribution in [0.15, 0.2) is 34.5 Å². The lowest BCUT2D eigenvalue weighted by atomic mass is 10.3. The van der Waals surface area contributed by atoms with Gasteiger partial charge in [0.05, 0.1) is 19.8 Å². The molecule has 1 unspecified atom stereocenters. The zero-order valence-corrected chi connectivity index (χ0v) is 16.3. The van der Waals surface area contributed by atoms with Gasteiger partial charge in [-0.1, -0.05) is 18.2 Å². The van der Waals surface area contributed by atoms with E-state index < -0.39 is 16.1 Å². The molecule has 0 spiro atoms. The first-order valence-corrected chi connectivity index (χ1v) is 10.7. The molecule has 0 radical (unpaired) electrons. The maximum absolute atomic E-state index is 13.1. The maximum Gasteiger partial charge on any atom is 0.252 e. The Bertz CT molecular complexity index is 999. The number of rotatable bonds is 6. The number of thiophene rings is 1. The van der Waals surface area contributed by atoms with Crippen LogP contribution in [0.4, 0.5) is 0 Å². The molecule has 1 aliphatic heterocycles.